The van der Waals surface area contributed by atoms with E-state index < -0.39 is 5.82 Å². The summed E-state index contributed by atoms with van der Waals surface area (Å²) in [5.41, 5.74) is 1.43. The Kier molecular flexibility index (Phi) is 5.97. The predicted molar refractivity (Wildman–Crippen MR) is 86.6 cm³/mol. The van der Waals surface area contributed by atoms with Crippen LogP contribution >= 0.6 is 0 Å². The molecule has 2 aromatic rings. The summed E-state index contributed by atoms with van der Waals surface area (Å²) in [5.74, 6) is 0.105. The maximum Gasteiger partial charge on any atom is 0.251 e. The van der Waals surface area contributed by atoms with Gasteiger partial charge < -0.3 is 14.8 Å². The Morgan fingerprint density at radius 2 is 1.96 bits per heavy atom. The van der Waals surface area contributed by atoms with Gasteiger partial charge in [0.15, 0.2) is 11.6 Å². The van der Waals surface area contributed by atoms with E-state index in [0.717, 1.165) is 24.2 Å². The third-order valence-electron chi connectivity index (χ3n) is 3.48. The molecular weight excluding hydrogens is 297 g/mol. The predicted octanol–water partition coefficient (Wildman–Crippen LogP) is 3.21. The molecule has 2 rings (SSSR count). The zero-order valence-corrected chi connectivity index (χ0v) is 13.3. The van der Waals surface area contributed by atoms with Gasteiger partial charge in [0.1, 0.15) is 5.75 Å². The van der Waals surface area contributed by atoms with Gasteiger partial charge in [0, 0.05) is 12.1 Å². The fraction of sp³-hybridized carbons (Fsp3) is 0.278. The Balaban J connectivity index is 1.81. The van der Waals surface area contributed by atoms with Gasteiger partial charge in [0.2, 0.25) is 0 Å². The van der Waals surface area contributed by atoms with Crippen molar-refractivity contribution in [2.24, 2.45) is 0 Å². The van der Waals surface area contributed by atoms with Crippen LogP contribution in [-0.4, -0.2) is 26.7 Å². The second-order valence-corrected chi connectivity index (χ2v) is 5.06. The van der Waals surface area contributed by atoms with Crippen molar-refractivity contribution >= 4 is 5.91 Å². The van der Waals surface area contributed by atoms with E-state index in [-0.39, 0.29) is 17.2 Å². The second-order valence-electron chi connectivity index (χ2n) is 5.06. The maximum atomic E-state index is 13.6. The van der Waals surface area contributed by atoms with Gasteiger partial charge in [-0.3, -0.25) is 4.79 Å². The molecule has 0 saturated carbocycles. The Morgan fingerprint density at radius 3 is 2.65 bits per heavy atom. The van der Waals surface area contributed by atoms with E-state index in [0.29, 0.717) is 6.54 Å². The molecule has 1 N–H and O–H groups in total. The number of carbonyl (C=O) groups excluding carboxylic acids is 1. The number of halogens is 1. The van der Waals surface area contributed by atoms with E-state index in [1.165, 1.54) is 19.2 Å². The van der Waals surface area contributed by atoms with Crippen LogP contribution in [0, 0.1) is 5.82 Å². The van der Waals surface area contributed by atoms with E-state index >= 15 is 0 Å². The van der Waals surface area contributed by atoms with Crippen molar-refractivity contribution in [3.8, 4) is 11.5 Å². The van der Waals surface area contributed by atoms with Crippen LogP contribution in [0.25, 0.3) is 0 Å². The zero-order chi connectivity index (χ0) is 16.7. The Labute approximate surface area is 135 Å². The summed E-state index contributed by atoms with van der Waals surface area (Å²) in [4.78, 5) is 12.0. The minimum Gasteiger partial charge on any atom is -0.497 e. The molecule has 0 aliphatic heterocycles. The van der Waals surface area contributed by atoms with Crippen LogP contribution in [0.15, 0.2) is 42.5 Å². The molecule has 0 aliphatic carbocycles. The van der Waals surface area contributed by atoms with E-state index in [9.17, 15) is 9.18 Å². The lowest BCUT2D eigenvalue weighted by atomic mass is 10.1. The first kappa shape index (κ1) is 16.8. The molecule has 1 amide bonds. The van der Waals surface area contributed by atoms with Crippen LogP contribution in [-0.2, 0) is 6.42 Å². The highest BCUT2D eigenvalue weighted by Gasteiger charge is 2.09. The molecule has 0 aromatic heterocycles. The Hall–Kier alpha value is -2.56. The van der Waals surface area contributed by atoms with E-state index in [1.807, 2.05) is 24.3 Å². The number of benzene rings is 2. The van der Waals surface area contributed by atoms with Crippen LogP contribution < -0.4 is 14.8 Å². The van der Waals surface area contributed by atoms with Gasteiger partial charge in [0.25, 0.3) is 5.91 Å². The first-order valence-electron chi connectivity index (χ1n) is 7.38. The number of rotatable bonds is 7. The topological polar surface area (TPSA) is 47.6 Å². The second kappa shape index (κ2) is 8.17. The summed E-state index contributed by atoms with van der Waals surface area (Å²) in [6.07, 6.45) is 1.62. The smallest absolute Gasteiger partial charge is 0.251 e. The normalized spacial score (nSPS) is 10.2. The van der Waals surface area contributed by atoms with E-state index in [1.54, 1.807) is 13.2 Å². The summed E-state index contributed by atoms with van der Waals surface area (Å²) < 4.78 is 23.6. The average molecular weight is 317 g/mol. The zero-order valence-electron chi connectivity index (χ0n) is 13.3. The number of methoxy groups -OCH3 is 2. The van der Waals surface area contributed by atoms with Gasteiger partial charge >= 0.3 is 0 Å². The van der Waals surface area contributed by atoms with Crippen LogP contribution in [0.3, 0.4) is 0 Å². The van der Waals surface area contributed by atoms with Crippen molar-refractivity contribution in [3.05, 3.63) is 59.4 Å². The molecule has 23 heavy (non-hydrogen) atoms. The summed E-state index contributed by atoms with van der Waals surface area (Å²) in [5, 5.41) is 2.78. The van der Waals surface area contributed by atoms with Crippen molar-refractivity contribution in [2.75, 3.05) is 20.8 Å². The highest BCUT2D eigenvalue weighted by molar-refractivity contribution is 5.94. The molecule has 122 valence electrons. The monoisotopic (exact) mass is 317 g/mol. The minimum absolute atomic E-state index is 0.125. The minimum atomic E-state index is -0.545. The average Bonchev–Trinajstić information content (AvgIpc) is 2.58. The quantitative estimate of drug-likeness (QED) is 0.798. The molecule has 0 fully saturated rings. The van der Waals surface area contributed by atoms with Crippen molar-refractivity contribution in [1.29, 1.82) is 0 Å². The third kappa shape index (κ3) is 4.71. The number of nitrogens with one attached hydrogen (secondary N) is 1. The number of amides is 1. The van der Waals surface area contributed by atoms with E-state index in [4.69, 9.17) is 9.47 Å². The lowest BCUT2D eigenvalue weighted by Gasteiger charge is -2.08. The fourth-order valence-electron chi connectivity index (χ4n) is 2.23. The standard InChI is InChI=1S/C18H20FNO3/c1-22-15-7-3-5-13(11-15)6-4-10-20-18(21)14-8-9-17(23-2)16(19)12-14/h3,5,7-9,11-12H,4,6,10H2,1-2H3,(H,20,21). The van der Waals surface area contributed by atoms with Crippen LogP contribution in [0.2, 0.25) is 0 Å². The molecule has 0 unspecified atom stereocenters. The molecule has 4 nitrogen and oxygen atoms in total. The van der Waals surface area contributed by atoms with Gasteiger partial charge in [-0.05, 0) is 48.7 Å². The molecule has 0 atom stereocenters. The molecule has 0 heterocycles. The highest BCUT2D eigenvalue weighted by atomic mass is 19.1. The highest BCUT2D eigenvalue weighted by Crippen LogP contribution is 2.17. The molecule has 0 saturated heterocycles. The first-order valence-corrected chi connectivity index (χ1v) is 7.38. The first-order chi connectivity index (χ1) is 11.1. The van der Waals surface area contributed by atoms with Crippen LogP contribution in [0.1, 0.15) is 22.3 Å². The van der Waals surface area contributed by atoms with Gasteiger partial charge in [-0.15, -0.1) is 0 Å². The largest absolute Gasteiger partial charge is 0.497 e. The number of ether oxygens (including phenoxy) is 2. The van der Waals surface area contributed by atoms with Crippen molar-refractivity contribution in [1.82, 2.24) is 5.32 Å². The summed E-state index contributed by atoms with van der Waals surface area (Å²) in [6.45, 7) is 0.518. The lowest BCUT2D eigenvalue weighted by molar-refractivity contribution is 0.0952. The van der Waals surface area contributed by atoms with Crippen molar-refractivity contribution < 1.29 is 18.7 Å². The molecule has 0 bridgehead atoms. The van der Waals surface area contributed by atoms with E-state index in [2.05, 4.69) is 5.32 Å². The van der Waals surface area contributed by atoms with Gasteiger partial charge in [0.05, 0.1) is 14.2 Å². The molecular formula is C18H20FNO3. The van der Waals surface area contributed by atoms with Crippen molar-refractivity contribution in [3.63, 3.8) is 0 Å². The number of carbonyl (C=O) groups is 1. The van der Waals surface area contributed by atoms with Gasteiger partial charge in [-0.1, -0.05) is 12.1 Å². The number of hydrogen-bond donors (Lipinski definition) is 1. The third-order valence-corrected chi connectivity index (χ3v) is 3.48. The maximum absolute atomic E-state index is 13.6. The number of aryl methyl sites for hydroxylation is 1. The van der Waals surface area contributed by atoms with Crippen LogP contribution in [0.5, 0.6) is 11.5 Å². The Bertz CT molecular complexity index is 673. The summed E-state index contributed by atoms with van der Waals surface area (Å²) in [7, 11) is 3.02. The molecule has 0 aliphatic rings. The number of hydrogen-bond acceptors (Lipinski definition) is 3. The Morgan fingerprint density at radius 1 is 1.13 bits per heavy atom. The van der Waals surface area contributed by atoms with Crippen LogP contribution in [0.4, 0.5) is 4.39 Å². The summed E-state index contributed by atoms with van der Waals surface area (Å²) >= 11 is 0. The molecule has 0 radical (unpaired) electrons. The summed E-state index contributed by atoms with van der Waals surface area (Å²) in [6, 6.07) is 12.0. The van der Waals surface area contributed by atoms with Gasteiger partial charge in [-0.25, -0.2) is 4.39 Å². The van der Waals surface area contributed by atoms with Gasteiger partial charge in [-0.2, -0.15) is 0 Å². The van der Waals surface area contributed by atoms with Crippen molar-refractivity contribution in [2.45, 2.75) is 12.8 Å². The fourth-order valence-corrected chi connectivity index (χ4v) is 2.23. The lowest BCUT2D eigenvalue weighted by Crippen LogP contribution is -2.24. The SMILES string of the molecule is COc1cccc(CCCNC(=O)c2ccc(OC)c(F)c2)c1. The molecule has 0 spiro atoms. The molecule has 2 aromatic carbocycles. The molecule has 5 heteroatoms.